The maximum absolute atomic E-state index is 5.78. The van der Waals surface area contributed by atoms with E-state index in [9.17, 15) is 0 Å². The fraction of sp³-hybridized carbons (Fsp3) is 0.182. The topological polar surface area (TPSA) is 27.7 Å². The number of rotatable bonds is 6. The van der Waals surface area contributed by atoms with Crippen molar-refractivity contribution in [3.8, 4) is 17.2 Å². The maximum atomic E-state index is 5.78. The normalized spacial score (nSPS) is 10.2. The molecular formula is C22H27BNO3+. The minimum absolute atomic E-state index is 0.680. The monoisotopic (exact) mass is 364 g/mol. The summed E-state index contributed by atoms with van der Waals surface area (Å²) in [6, 6.07) is 28.3. The van der Waals surface area contributed by atoms with Gasteiger partial charge in [-0.25, -0.2) is 0 Å². The molecule has 0 radical (unpaired) electrons. The smallest absolute Gasteiger partial charge is 0.490 e. The van der Waals surface area contributed by atoms with Crippen LogP contribution in [0.4, 0.5) is 0 Å². The van der Waals surface area contributed by atoms with Gasteiger partial charge in [0.05, 0.1) is 28.2 Å². The van der Waals surface area contributed by atoms with Crippen molar-refractivity contribution >= 4 is 7.32 Å². The van der Waals surface area contributed by atoms with Crippen LogP contribution in [0, 0.1) is 0 Å². The third-order valence-corrected chi connectivity index (χ3v) is 2.93. The van der Waals surface area contributed by atoms with Crippen LogP contribution in [0.2, 0.25) is 0 Å². The van der Waals surface area contributed by atoms with Gasteiger partial charge in [-0.3, -0.25) is 0 Å². The van der Waals surface area contributed by atoms with Crippen molar-refractivity contribution in [2.75, 3.05) is 28.2 Å². The van der Waals surface area contributed by atoms with Crippen molar-refractivity contribution in [2.24, 2.45) is 0 Å². The summed E-state index contributed by atoms with van der Waals surface area (Å²) in [5, 5.41) is 0. The van der Waals surface area contributed by atoms with E-state index in [0.29, 0.717) is 17.2 Å². The van der Waals surface area contributed by atoms with Gasteiger partial charge in [0.25, 0.3) is 0 Å². The third kappa shape index (κ3) is 9.38. The second-order valence-electron chi connectivity index (χ2n) is 7.26. The van der Waals surface area contributed by atoms with Gasteiger partial charge in [-0.05, 0) is 36.4 Å². The van der Waals surface area contributed by atoms with Gasteiger partial charge >= 0.3 is 7.32 Å². The Bertz CT molecular complexity index is 657. The minimum Gasteiger partial charge on any atom is -0.490 e. The summed E-state index contributed by atoms with van der Waals surface area (Å²) in [5.74, 6) is 2.04. The molecule has 0 saturated heterocycles. The lowest BCUT2D eigenvalue weighted by atomic mass is 10.2. The molecule has 0 aliphatic heterocycles. The van der Waals surface area contributed by atoms with Gasteiger partial charge in [-0.2, -0.15) is 0 Å². The number of hydrogen-bond acceptors (Lipinski definition) is 3. The molecule has 0 aliphatic carbocycles. The summed E-state index contributed by atoms with van der Waals surface area (Å²) < 4.78 is 18.3. The lowest BCUT2D eigenvalue weighted by Crippen LogP contribution is -2.36. The molecule has 0 amide bonds. The van der Waals surface area contributed by atoms with Crippen LogP contribution in [0.3, 0.4) is 0 Å². The van der Waals surface area contributed by atoms with Crippen molar-refractivity contribution in [1.29, 1.82) is 0 Å². The van der Waals surface area contributed by atoms with Gasteiger partial charge in [0, 0.05) is 0 Å². The lowest BCUT2D eigenvalue weighted by molar-refractivity contribution is -0.849. The van der Waals surface area contributed by atoms with Crippen LogP contribution in [0.15, 0.2) is 91.0 Å². The molecule has 140 valence electrons. The summed E-state index contributed by atoms with van der Waals surface area (Å²) in [6.07, 6.45) is 0. The molecule has 0 bridgehead atoms. The predicted molar refractivity (Wildman–Crippen MR) is 111 cm³/mol. The lowest BCUT2D eigenvalue weighted by Gasteiger charge is -2.16. The van der Waals surface area contributed by atoms with E-state index in [1.54, 1.807) is 0 Å². The molecule has 4 nitrogen and oxygen atoms in total. The molecule has 3 aromatic rings. The Morgan fingerprint density at radius 2 is 0.704 bits per heavy atom. The van der Waals surface area contributed by atoms with Crippen LogP contribution in [0.1, 0.15) is 0 Å². The van der Waals surface area contributed by atoms with E-state index in [0.717, 1.165) is 4.48 Å². The Morgan fingerprint density at radius 3 is 0.926 bits per heavy atom. The molecular weight excluding hydrogens is 337 g/mol. The highest BCUT2D eigenvalue weighted by Crippen LogP contribution is 2.17. The van der Waals surface area contributed by atoms with Gasteiger partial charge in [-0.1, -0.05) is 54.6 Å². The van der Waals surface area contributed by atoms with Crippen LogP contribution in [-0.2, 0) is 0 Å². The number of para-hydroxylation sites is 3. The van der Waals surface area contributed by atoms with Crippen LogP contribution in [0.25, 0.3) is 0 Å². The zero-order valence-corrected chi connectivity index (χ0v) is 16.4. The molecule has 3 aromatic carbocycles. The Morgan fingerprint density at radius 1 is 0.481 bits per heavy atom. The number of hydrogen-bond donors (Lipinski definition) is 0. The molecule has 0 fully saturated rings. The van der Waals surface area contributed by atoms with Crippen molar-refractivity contribution < 1.29 is 18.4 Å². The van der Waals surface area contributed by atoms with Crippen molar-refractivity contribution in [2.45, 2.75) is 0 Å². The molecule has 5 heteroatoms. The van der Waals surface area contributed by atoms with E-state index in [-0.39, 0.29) is 0 Å². The predicted octanol–water partition coefficient (Wildman–Crippen LogP) is 4.53. The number of benzene rings is 3. The van der Waals surface area contributed by atoms with Crippen molar-refractivity contribution in [1.82, 2.24) is 0 Å². The van der Waals surface area contributed by atoms with Crippen molar-refractivity contribution in [3.63, 3.8) is 0 Å². The molecule has 0 spiro atoms. The number of quaternary nitrogens is 1. The maximum Gasteiger partial charge on any atom is 0.864 e. The fourth-order valence-electron chi connectivity index (χ4n) is 1.90. The van der Waals surface area contributed by atoms with E-state index in [1.165, 1.54) is 0 Å². The average Bonchev–Trinajstić information content (AvgIpc) is 2.63. The average molecular weight is 364 g/mol. The fourth-order valence-corrected chi connectivity index (χ4v) is 1.90. The summed E-state index contributed by atoms with van der Waals surface area (Å²) in [4.78, 5) is 0. The van der Waals surface area contributed by atoms with Crippen LogP contribution >= 0.6 is 0 Å². The Kier molecular flexibility index (Phi) is 7.77. The van der Waals surface area contributed by atoms with Gasteiger partial charge in [-0.15, -0.1) is 0 Å². The molecule has 3 rings (SSSR count). The summed E-state index contributed by atoms with van der Waals surface area (Å²) >= 11 is 0. The first kappa shape index (κ1) is 20.4. The van der Waals surface area contributed by atoms with Gasteiger partial charge < -0.3 is 18.4 Å². The van der Waals surface area contributed by atoms with Gasteiger partial charge in [0.1, 0.15) is 17.2 Å². The second-order valence-corrected chi connectivity index (χ2v) is 7.26. The summed E-state index contributed by atoms with van der Waals surface area (Å²) in [5.41, 5.74) is 0. The van der Waals surface area contributed by atoms with Crippen molar-refractivity contribution in [3.05, 3.63) is 91.0 Å². The second kappa shape index (κ2) is 10.3. The van der Waals surface area contributed by atoms with Gasteiger partial charge in [0.2, 0.25) is 0 Å². The Balaban J connectivity index is 0.000000465. The van der Waals surface area contributed by atoms with E-state index >= 15 is 0 Å². The Labute approximate surface area is 162 Å². The van der Waals surface area contributed by atoms with E-state index in [4.69, 9.17) is 14.0 Å². The molecule has 0 aliphatic rings. The highest BCUT2D eigenvalue weighted by molar-refractivity contribution is 6.39. The first-order chi connectivity index (χ1) is 12.9. The molecule has 0 unspecified atom stereocenters. The van der Waals surface area contributed by atoms with Crippen LogP contribution < -0.4 is 14.0 Å². The zero-order valence-electron chi connectivity index (χ0n) is 16.4. The third-order valence-electron chi connectivity index (χ3n) is 2.93. The SMILES string of the molecule is C[N+](C)(C)C.c1ccc(OB(Oc2ccccc2)Oc2ccccc2)cc1. The number of nitrogens with zero attached hydrogens (tertiary/aromatic N) is 1. The quantitative estimate of drug-likeness (QED) is 0.475. The highest BCUT2D eigenvalue weighted by atomic mass is 16.7. The van der Waals surface area contributed by atoms with E-state index < -0.39 is 7.32 Å². The molecule has 0 atom stereocenters. The van der Waals surface area contributed by atoms with Crippen LogP contribution in [-0.4, -0.2) is 40.0 Å². The molecule has 0 N–H and O–H groups in total. The van der Waals surface area contributed by atoms with E-state index in [1.807, 2.05) is 91.0 Å². The Hall–Kier alpha value is -2.92. The highest BCUT2D eigenvalue weighted by Gasteiger charge is 2.29. The largest absolute Gasteiger partial charge is 0.864 e. The summed E-state index contributed by atoms with van der Waals surface area (Å²) in [7, 11) is 7.63. The first-order valence-corrected chi connectivity index (χ1v) is 8.84. The molecule has 0 heterocycles. The minimum atomic E-state index is -0.868. The first-order valence-electron chi connectivity index (χ1n) is 8.84. The molecule has 0 aromatic heterocycles. The standard InChI is InChI=1S/C18H15BO3.C4H12N/c1-4-10-16(11-5-1)20-19(21-17-12-6-2-7-13-17)22-18-14-8-3-9-15-18;1-5(2,3)4/h1-15H;1-4H3/q;+1. The van der Waals surface area contributed by atoms with E-state index in [2.05, 4.69) is 28.2 Å². The molecule has 0 saturated carbocycles. The van der Waals surface area contributed by atoms with Gasteiger partial charge in [0.15, 0.2) is 0 Å². The zero-order chi connectivity index (χ0) is 19.5. The summed E-state index contributed by atoms with van der Waals surface area (Å²) in [6.45, 7) is 0. The molecule has 27 heavy (non-hydrogen) atoms. The van der Waals surface area contributed by atoms with Crippen LogP contribution in [0.5, 0.6) is 17.2 Å².